The average Bonchev–Trinajstić information content (AvgIpc) is 1.85. The molecule has 11 heavy (non-hydrogen) atoms. The van der Waals surface area contributed by atoms with E-state index in [4.69, 9.17) is 10.2 Å². The molecule has 0 rings (SSSR count). The van der Waals surface area contributed by atoms with Crippen molar-refractivity contribution in [2.75, 3.05) is 0 Å². The van der Waals surface area contributed by atoms with E-state index >= 15 is 0 Å². The Morgan fingerprint density at radius 1 is 1.55 bits per heavy atom. The van der Waals surface area contributed by atoms with Crippen molar-refractivity contribution in [2.24, 2.45) is 11.8 Å². The van der Waals surface area contributed by atoms with E-state index in [2.05, 4.69) is 6.58 Å². The normalized spacial score (nSPS) is 18.5. The second-order valence-electron chi connectivity index (χ2n) is 2.70. The van der Waals surface area contributed by atoms with Gasteiger partial charge in [-0.05, 0) is 12.8 Å². The summed E-state index contributed by atoms with van der Waals surface area (Å²) in [5, 5.41) is 17.7. The van der Waals surface area contributed by atoms with Gasteiger partial charge in [-0.25, -0.2) is 0 Å². The highest BCUT2D eigenvalue weighted by Crippen LogP contribution is 2.16. The zero-order valence-corrected chi connectivity index (χ0v) is 6.82. The van der Waals surface area contributed by atoms with Gasteiger partial charge in [-0.1, -0.05) is 13.0 Å². The zero-order valence-electron chi connectivity index (χ0n) is 6.82. The highest BCUT2D eigenvalue weighted by molar-refractivity contribution is 5.71. The van der Waals surface area contributed by atoms with Gasteiger partial charge in [0.15, 0.2) is 0 Å². The van der Waals surface area contributed by atoms with Crippen LogP contribution in [0.2, 0.25) is 0 Å². The van der Waals surface area contributed by atoms with E-state index in [0.717, 1.165) is 0 Å². The Morgan fingerprint density at radius 3 is 2.09 bits per heavy atom. The molecular formula is C8H14O3. The molecule has 0 amide bonds. The number of hydrogen-bond acceptors (Lipinski definition) is 2. The van der Waals surface area contributed by atoms with Crippen molar-refractivity contribution in [3.05, 3.63) is 12.7 Å². The lowest BCUT2D eigenvalue weighted by molar-refractivity contribution is -0.146. The number of allylic oxidation sites excluding steroid dienone is 1. The fraction of sp³-hybridized carbons (Fsp3) is 0.625. The molecule has 3 unspecified atom stereocenters. The number of aliphatic carboxylic acids is 1. The van der Waals surface area contributed by atoms with Gasteiger partial charge in [0.25, 0.3) is 0 Å². The van der Waals surface area contributed by atoms with E-state index in [-0.39, 0.29) is 5.92 Å². The Hall–Kier alpha value is -0.830. The first-order valence-electron chi connectivity index (χ1n) is 3.54. The summed E-state index contributed by atoms with van der Waals surface area (Å²) in [4.78, 5) is 10.5. The number of rotatable bonds is 4. The third-order valence-corrected chi connectivity index (χ3v) is 1.74. The van der Waals surface area contributed by atoms with Crippen molar-refractivity contribution in [1.29, 1.82) is 0 Å². The molecule has 3 nitrogen and oxygen atoms in total. The van der Waals surface area contributed by atoms with Crippen molar-refractivity contribution in [1.82, 2.24) is 0 Å². The quantitative estimate of drug-likeness (QED) is 0.597. The van der Waals surface area contributed by atoms with Crippen molar-refractivity contribution < 1.29 is 15.0 Å². The fourth-order valence-electron chi connectivity index (χ4n) is 1.02. The Morgan fingerprint density at radius 2 is 2.00 bits per heavy atom. The van der Waals surface area contributed by atoms with Crippen LogP contribution in [0, 0.1) is 11.8 Å². The predicted octanol–water partition coefficient (Wildman–Crippen LogP) is 0.890. The fourth-order valence-corrected chi connectivity index (χ4v) is 1.02. The molecular weight excluding hydrogens is 144 g/mol. The molecule has 0 aromatic carbocycles. The van der Waals surface area contributed by atoms with E-state index in [1.807, 2.05) is 0 Å². The van der Waals surface area contributed by atoms with Crippen LogP contribution < -0.4 is 0 Å². The summed E-state index contributed by atoms with van der Waals surface area (Å²) < 4.78 is 0. The van der Waals surface area contributed by atoms with Gasteiger partial charge in [-0.15, -0.1) is 6.58 Å². The lowest BCUT2D eigenvalue weighted by Crippen LogP contribution is -2.30. The maximum Gasteiger partial charge on any atom is 0.309 e. The first-order chi connectivity index (χ1) is 5.00. The predicted molar refractivity (Wildman–Crippen MR) is 42.2 cm³/mol. The maximum absolute atomic E-state index is 10.5. The van der Waals surface area contributed by atoms with Crippen molar-refractivity contribution in [3.63, 3.8) is 0 Å². The highest BCUT2D eigenvalue weighted by Gasteiger charge is 2.27. The molecule has 0 aliphatic carbocycles. The second kappa shape index (κ2) is 4.13. The molecule has 2 N–H and O–H groups in total. The molecule has 0 saturated carbocycles. The maximum atomic E-state index is 10.5. The Balaban J connectivity index is 4.33. The van der Waals surface area contributed by atoms with Crippen LogP contribution in [0.25, 0.3) is 0 Å². The van der Waals surface area contributed by atoms with Gasteiger partial charge in [0.2, 0.25) is 0 Å². The van der Waals surface area contributed by atoms with E-state index in [1.54, 1.807) is 6.92 Å². The lowest BCUT2D eigenvalue weighted by Gasteiger charge is -2.19. The molecule has 0 aromatic rings. The van der Waals surface area contributed by atoms with Crippen molar-refractivity contribution in [3.8, 4) is 0 Å². The standard InChI is InChI=1S/C8H14O3/c1-4-5(2)7(6(3)9)8(10)11/h4-7,9H,1H2,2-3H3,(H,10,11). The minimum atomic E-state index is -0.979. The number of hydrogen-bond donors (Lipinski definition) is 2. The van der Waals surface area contributed by atoms with Crippen LogP contribution in [0.3, 0.4) is 0 Å². The summed E-state index contributed by atoms with van der Waals surface area (Å²) in [7, 11) is 0. The number of aliphatic hydroxyl groups excluding tert-OH is 1. The van der Waals surface area contributed by atoms with Crippen LogP contribution in [-0.2, 0) is 4.79 Å². The smallest absolute Gasteiger partial charge is 0.309 e. The van der Waals surface area contributed by atoms with Crippen molar-refractivity contribution in [2.45, 2.75) is 20.0 Å². The van der Waals surface area contributed by atoms with E-state index in [9.17, 15) is 4.79 Å². The zero-order chi connectivity index (χ0) is 9.02. The molecule has 0 radical (unpaired) electrons. The van der Waals surface area contributed by atoms with E-state index in [0.29, 0.717) is 0 Å². The Kier molecular flexibility index (Phi) is 3.82. The third-order valence-electron chi connectivity index (χ3n) is 1.74. The first-order valence-corrected chi connectivity index (χ1v) is 3.54. The molecule has 0 spiro atoms. The second-order valence-corrected chi connectivity index (χ2v) is 2.70. The van der Waals surface area contributed by atoms with Crippen LogP contribution in [0.1, 0.15) is 13.8 Å². The third kappa shape index (κ3) is 2.72. The minimum Gasteiger partial charge on any atom is -0.481 e. The van der Waals surface area contributed by atoms with E-state index < -0.39 is 18.0 Å². The summed E-state index contributed by atoms with van der Waals surface area (Å²) in [5.74, 6) is -1.92. The van der Waals surface area contributed by atoms with Crippen LogP contribution in [0.15, 0.2) is 12.7 Å². The molecule has 0 heterocycles. The summed E-state index contributed by atoms with van der Waals surface area (Å²) in [6, 6.07) is 0. The molecule has 64 valence electrons. The average molecular weight is 158 g/mol. The number of carboxylic acids is 1. The van der Waals surface area contributed by atoms with Gasteiger partial charge in [0, 0.05) is 0 Å². The van der Waals surface area contributed by atoms with Crippen LogP contribution >= 0.6 is 0 Å². The van der Waals surface area contributed by atoms with E-state index in [1.165, 1.54) is 13.0 Å². The molecule has 3 heteroatoms. The molecule has 0 aliphatic heterocycles. The molecule has 0 bridgehead atoms. The Labute approximate surface area is 66.4 Å². The molecule has 0 saturated heterocycles. The van der Waals surface area contributed by atoms with Gasteiger partial charge in [-0.3, -0.25) is 4.79 Å². The largest absolute Gasteiger partial charge is 0.481 e. The highest BCUT2D eigenvalue weighted by atomic mass is 16.4. The topological polar surface area (TPSA) is 57.5 Å². The molecule has 0 aromatic heterocycles. The first kappa shape index (κ1) is 10.2. The van der Waals surface area contributed by atoms with Crippen LogP contribution in [0.5, 0.6) is 0 Å². The van der Waals surface area contributed by atoms with Gasteiger partial charge >= 0.3 is 5.97 Å². The summed E-state index contributed by atoms with van der Waals surface area (Å²) >= 11 is 0. The monoisotopic (exact) mass is 158 g/mol. The number of aliphatic hydroxyl groups is 1. The van der Waals surface area contributed by atoms with Gasteiger partial charge < -0.3 is 10.2 Å². The van der Waals surface area contributed by atoms with Crippen molar-refractivity contribution >= 4 is 5.97 Å². The van der Waals surface area contributed by atoms with Crippen LogP contribution in [-0.4, -0.2) is 22.3 Å². The van der Waals surface area contributed by atoms with Gasteiger partial charge in [-0.2, -0.15) is 0 Å². The molecule has 3 atom stereocenters. The van der Waals surface area contributed by atoms with Crippen LogP contribution in [0.4, 0.5) is 0 Å². The lowest BCUT2D eigenvalue weighted by atomic mass is 9.90. The Bertz CT molecular complexity index is 151. The SMILES string of the molecule is C=CC(C)C(C(=O)O)C(C)O. The molecule has 0 fully saturated rings. The summed E-state index contributed by atoms with van der Waals surface area (Å²) in [6.45, 7) is 6.66. The number of carbonyl (C=O) groups is 1. The summed E-state index contributed by atoms with van der Waals surface area (Å²) in [5.41, 5.74) is 0. The summed E-state index contributed by atoms with van der Waals surface area (Å²) in [6.07, 6.45) is 0.700. The minimum absolute atomic E-state index is 0.201. The van der Waals surface area contributed by atoms with Gasteiger partial charge in [0.1, 0.15) is 0 Å². The van der Waals surface area contributed by atoms with Gasteiger partial charge in [0.05, 0.1) is 12.0 Å². The molecule has 0 aliphatic rings. The number of carboxylic acid groups (broad SMARTS) is 1.